The van der Waals surface area contributed by atoms with Gasteiger partial charge in [-0.05, 0) is 56.5 Å². The normalized spacial score (nSPS) is 15.1. The summed E-state index contributed by atoms with van der Waals surface area (Å²) < 4.78 is 10.6. The maximum absolute atomic E-state index is 12.8. The Bertz CT molecular complexity index is 505. The number of ether oxygens (including phenoxy) is 2. The van der Waals surface area contributed by atoms with Crippen molar-refractivity contribution in [2.24, 2.45) is 0 Å². The molecule has 0 aliphatic carbocycles. The van der Waals surface area contributed by atoms with Gasteiger partial charge in [-0.2, -0.15) is 0 Å². The van der Waals surface area contributed by atoms with Crippen LogP contribution in [0.3, 0.4) is 0 Å². The maximum Gasteiger partial charge on any atom is 0.223 e. The van der Waals surface area contributed by atoms with Crippen molar-refractivity contribution >= 4 is 5.91 Å². The Kier molecular flexibility index (Phi) is 7.37. The predicted molar refractivity (Wildman–Crippen MR) is 95.8 cm³/mol. The van der Waals surface area contributed by atoms with E-state index in [-0.39, 0.29) is 5.91 Å². The van der Waals surface area contributed by atoms with E-state index in [1.54, 1.807) is 14.2 Å². The Balaban J connectivity index is 1.99. The van der Waals surface area contributed by atoms with E-state index in [9.17, 15) is 4.79 Å². The molecule has 1 amide bonds. The molecular weight excluding hydrogens is 304 g/mol. The van der Waals surface area contributed by atoms with Gasteiger partial charge >= 0.3 is 0 Å². The number of aryl methyl sites for hydroxylation is 1. The lowest BCUT2D eigenvalue weighted by Gasteiger charge is -2.34. The molecule has 5 nitrogen and oxygen atoms in total. The highest BCUT2D eigenvalue weighted by molar-refractivity contribution is 5.76. The highest BCUT2D eigenvalue weighted by Crippen LogP contribution is 2.24. The van der Waals surface area contributed by atoms with Crippen LogP contribution < -0.4 is 14.8 Å². The lowest BCUT2D eigenvalue weighted by atomic mass is 10.0. The minimum absolute atomic E-state index is 0.255. The molecular formula is C19H30N2O3. The third-order valence-corrected chi connectivity index (χ3v) is 4.57. The van der Waals surface area contributed by atoms with Crippen LogP contribution in [0.15, 0.2) is 18.2 Å². The molecule has 0 atom stereocenters. The molecule has 0 saturated carbocycles. The van der Waals surface area contributed by atoms with E-state index in [1.807, 2.05) is 18.2 Å². The summed E-state index contributed by atoms with van der Waals surface area (Å²) in [6.07, 6.45) is 4.35. The van der Waals surface area contributed by atoms with Gasteiger partial charge < -0.3 is 19.7 Å². The summed E-state index contributed by atoms with van der Waals surface area (Å²) in [6.45, 7) is 5.00. The zero-order valence-corrected chi connectivity index (χ0v) is 15.1. The highest BCUT2D eigenvalue weighted by atomic mass is 16.5. The van der Waals surface area contributed by atoms with Crippen LogP contribution in [0.1, 0.15) is 38.2 Å². The van der Waals surface area contributed by atoms with Crippen LogP contribution in [-0.4, -0.2) is 50.7 Å². The van der Waals surface area contributed by atoms with Gasteiger partial charge in [0.15, 0.2) is 0 Å². The van der Waals surface area contributed by atoms with Crippen molar-refractivity contribution in [2.45, 2.75) is 45.1 Å². The molecule has 0 bridgehead atoms. The molecule has 0 unspecified atom stereocenters. The average Bonchev–Trinajstić information content (AvgIpc) is 2.64. The highest BCUT2D eigenvalue weighted by Gasteiger charge is 2.24. The first-order chi connectivity index (χ1) is 11.7. The van der Waals surface area contributed by atoms with Crippen LogP contribution in [0.4, 0.5) is 0 Å². The molecule has 1 aromatic rings. The van der Waals surface area contributed by atoms with E-state index in [1.165, 1.54) is 0 Å². The number of methoxy groups -OCH3 is 2. The fraction of sp³-hybridized carbons (Fsp3) is 0.632. The van der Waals surface area contributed by atoms with E-state index >= 15 is 0 Å². The number of carbonyl (C=O) groups is 1. The number of piperidine rings is 1. The van der Waals surface area contributed by atoms with E-state index < -0.39 is 0 Å². The minimum atomic E-state index is 0.255. The molecule has 134 valence electrons. The van der Waals surface area contributed by atoms with Crippen molar-refractivity contribution in [3.63, 3.8) is 0 Å². The molecule has 5 heteroatoms. The molecule has 1 aliphatic rings. The second kappa shape index (κ2) is 9.52. The number of carbonyl (C=O) groups excluding carboxylic acids is 1. The van der Waals surface area contributed by atoms with E-state index in [2.05, 4.69) is 17.1 Å². The van der Waals surface area contributed by atoms with Crippen LogP contribution in [-0.2, 0) is 11.2 Å². The van der Waals surface area contributed by atoms with Gasteiger partial charge in [0.2, 0.25) is 5.91 Å². The lowest BCUT2D eigenvalue weighted by molar-refractivity contribution is -0.134. The first kappa shape index (κ1) is 18.6. The quantitative estimate of drug-likeness (QED) is 0.794. The van der Waals surface area contributed by atoms with E-state index in [0.717, 1.165) is 56.0 Å². The van der Waals surface area contributed by atoms with Crippen molar-refractivity contribution in [2.75, 3.05) is 33.9 Å². The summed E-state index contributed by atoms with van der Waals surface area (Å²) in [6, 6.07) is 6.19. The Hall–Kier alpha value is -1.75. The number of benzene rings is 1. The van der Waals surface area contributed by atoms with Gasteiger partial charge in [-0.15, -0.1) is 0 Å². The summed E-state index contributed by atoms with van der Waals surface area (Å²) in [4.78, 5) is 14.9. The molecule has 1 heterocycles. The number of hydrogen-bond donors (Lipinski definition) is 1. The number of nitrogens with zero attached hydrogens (tertiary/aromatic N) is 1. The zero-order valence-electron chi connectivity index (χ0n) is 15.1. The Morgan fingerprint density at radius 1 is 1.17 bits per heavy atom. The lowest BCUT2D eigenvalue weighted by Crippen LogP contribution is -2.46. The largest absolute Gasteiger partial charge is 0.497 e. The number of rotatable bonds is 8. The second-order valence-corrected chi connectivity index (χ2v) is 6.29. The smallest absolute Gasteiger partial charge is 0.223 e. The van der Waals surface area contributed by atoms with Gasteiger partial charge in [0, 0.05) is 25.1 Å². The standard InChI is InChI=1S/C19H30N2O3/c1-4-11-21(16-7-9-20-10-8-16)19(22)6-5-15-12-17(23-2)14-18(13-15)24-3/h12-14,16,20H,4-11H2,1-3H3. The first-order valence-electron chi connectivity index (χ1n) is 8.90. The Morgan fingerprint density at radius 3 is 2.33 bits per heavy atom. The van der Waals surface area contributed by atoms with Crippen molar-refractivity contribution in [3.8, 4) is 11.5 Å². The minimum Gasteiger partial charge on any atom is -0.497 e. The van der Waals surface area contributed by atoms with Crippen LogP contribution in [0, 0.1) is 0 Å². The predicted octanol–water partition coefficient (Wildman–Crippen LogP) is 2.63. The molecule has 0 radical (unpaired) electrons. The van der Waals surface area contributed by atoms with Gasteiger partial charge in [-0.1, -0.05) is 6.92 Å². The molecule has 0 spiro atoms. The molecule has 1 aromatic carbocycles. The average molecular weight is 334 g/mol. The van der Waals surface area contributed by atoms with Crippen LogP contribution in [0.2, 0.25) is 0 Å². The Labute approximate surface area is 145 Å². The Morgan fingerprint density at radius 2 is 1.79 bits per heavy atom. The van der Waals surface area contributed by atoms with Crippen LogP contribution in [0.5, 0.6) is 11.5 Å². The van der Waals surface area contributed by atoms with Crippen molar-refractivity contribution in [1.29, 1.82) is 0 Å². The number of nitrogens with one attached hydrogen (secondary N) is 1. The van der Waals surface area contributed by atoms with E-state index in [4.69, 9.17) is 9.47 Å². The maximum atomic E-state index is 12.8. The third kappa shape index (κ3) is 5.13. The van der Waals surface area contributed by atoms with Crippen LogP contribution >= 0.6 is 0 Å². The van der Waals surface area contributed by atoms with Crippen LogP contribution in [0.25, 0.3) is 0 Å². The molecule has 1 N–H and O–H groups in total. The molecule has 0 aromatic heterocycles. The zero-order chi connectivity index (χ0) is 17.4. The number of amides is 1. The molecule has 1 aliphatic heterocycles. The summed E-state index contributed by atoms with van der Waals surface area (Å²) in [5, 5.41) is 3.37. The molecule has 24 heavy (non-hydrogen) atoms. The van der Waals surface area contributed by atoms with Gasteiger partial charge in [0.25, 0.3) is 0 Å². The third-order valence-electron chi connectivity index (χ3n) is 4.57. The summed E-state index contributed by atoms with van der Waals surface area (Å²) in [7, 11) is 3.29. The van der Waals surface area contributed by atoms with Crippen molar-refractivity contribution in [1.82, 2.24) is 10.2 Å². The molecule has 1 saturated heterocycles. The summed E-state index contributed by atoms with van der Waals surface area (Å²) in [5.41, 5.74) is 1.07. The topological polar surface area (TPSA) is 50.8 Å². The van der Waals surface area contributed by atoms with Crippen molar-refractivity contribution in [3.05, 3.63) is 23.8 Å². The fourth-order valence-corrected chi connectivity index (χ4v) is 3.28. The van der Waals surface area contributed by atoms with Gasteiger partial charge in [0.1, 0.15) is 11.5 Å². The monoisotopic (exact) mass is 334 g/mol. The first-order valence-corrected chi connectivity index (χ1v) is 8.90. The summed E-state index contributed by atoms with van der Waals surface area (Å²) in [5.74, 6) is 1.78. The van der Waals surface area contributed by atoms with E-state index in [0.29, 0.717) is 18.9 Å². The molecule has 2 rings (SSSR count). The second-order valence-electron chi connectivity index (χ2n) is 6.29. The fourth-order valence-electron chi connectivity index (χ4n) is 3.28. The molecule has 1 fully saturated rings. The van der Waals surface area contributed by atoms with Crippen molar-refractivity contribution < 1.29 is 14.3 Å². The van der Waals surface area contributed by atoms with Gasteiger partial charge in [0.05, 0.1) is 14.2 Å². The van der Waals surface area contributed by atoms with Gasteiger partial charge in [-0.3, -0.25) is 4.79 Å². The van der Waals surface area contributed by atoms with Gasteiger partial charge in [-0.25, -0.2) is 0 Å². The number of hydrogen-bond acceptors (Lipinski definition) is 4. The SMILES string of the molecule is CCCN(C(=O)CCc1cc(OC)cc(OC)c1)C1CCNCC1. The summed E-state index contributed by atoms with van der Waals surface area (Å²) >= 11 is 0.